The number of rotatable bonds is 14. The van der Waals surface area contributed by atoms with E-state index in [4.69, 9.17) is 18.5 Å². The Balaban J connectivity index is 1.44. The smallest absolute Gasteiger partial charge is 0.493 e. The third kappa shape index (κ3) is 8.73. The number of phosphoric acid groups is 1. The fourth-order valence-electron chi connectivity index (χ4n) is 4.24. The zero-order chi connectivity index (χ0) is 31.0. The van der Waals surface area contributed by atoms with Crippen LogP contribution in [0, 0.1) is 11.6 Å². The van der Waals surface area contributed by atoms with Crippen LogP contribution in [0.25, 0.3) is 0 Å². The molecule has 4 rings (SSSR count). The van der Waals surface area contributed by atoms with Crippen LogP contribution < -0.4 is 18.5 Å². The first kappa shape index (κ1) is 31.4. The molecule has 8 nitrogen and oxygen atoms in total. The van der Waals surface area contributed by atoms with Crippen molar-refractivity contribution in [3.05, 3.63) is 119 Å². The molecule has 0 aliphatic carbocycles. The molecule has 0 aliphatic heterocycles. The maximum absolute atomic E-state index is 13.2. The first-order chi connectivity index (χ1) is 20.6. The second-order valence-corrected chi connectivity index (χ2v) is 10.8. The van der Waals surface area contributed by atoms with Crippen LogP contribution in [-0.2, 0) is 17.4 Å². The highest BCUT2D eigenvalue weighted by atomic mass is 31.2. The van der Waals surface area contributed by atoms with Gasteiger partial charge in [-0.05, 0) is 96.8 Å². The van der Waals surface area contributed by atoms with E-state index in [9.17, 15) is 27.8 Å². The van der Waals surface area contributed by atoms with Gasteiger partial charge in [0.15, 0.2) is 34.6 Å². The van der Waals surface area contributed by atoms with Crippen molar-refractivity contribution in [3.63, 3.8) is 0 Å². The Bertz CT molecular complexity index is 1520. The number of aryl methyl sites for hydroxylation is 2. The van der Waals surface area contributed by atoms with Crippen LogP contribution in [0.15, 0.2) is 84.9 Å². The van der Waals surface area contributed by atoms with Gasteiger partial charge < -0.3 is 18.5 Å². The highest BCUT2D eigenvalue weighted by molar-refractivity contribution is 7.48. The lowest BCUT2D eigenvalue weighted by Gasteiger charge is -2.18. The van der Waals surface area contributed by atoms with Crippen LogP contribution in [0.4, 0.5) is 8.78 Å². The summed E-state index contributed by atoms with van der Waals surface area (Å²) in [6.45, 7) is 0. The summed E-state index contributed by atoms with van der Waals surface area (Å²) < 4.78 is 60.7. The molecule has 11 heteroatoms. The molecule has 0 atom stereocenters. The summed E-state index contributed by atoms with van der Waals surface area (Å²) in [4.78, 5) is 35.6. The van der Waals surface area contributed by atoms with Crippen molar-refractivity contribution < 1.29 is 46.3 Å². The van der Waals surface area contributed by atoms with Gasteiger partial charge in [0.05, 0.1) is 14.2 Å². The quantitative estimate of drug-likeness (QED) is 0.118. The molecule has 0 amide bonds. The van der Waals surface area contributed by atoms with E-state index in [1.165, 1.54) is 87.0 Å². The monoisotopic (exact) mass is 610 g/mol. The summed E-state index contributed by atoms with van der Waals surface area (Å²) in [6, 6.07) is 19.9. The number of Topliss-reactive ketones (excluding diaryl/α,β-unsaturated/α-hetero) is 2. The van der Waals surface area contributed by atoms with Gasteiger partial charge in [0.25, 0.3) is 0 Å². The minimum Gasteiger partial charge on any atom is -0.493 e. The van der Waals surface area contributed by atoms with E-state index in [0.717, 1.165) is 0 Å². The Morgan fingerprint density at radius 1 is 0.628 bits per heavy atom. The molecule has 0 saturated heterocycles. The number of methoxy groups -OCH3 is 2. The molecule has 4 aromatic rings. The summed E-state index contributed by atoms with van der Waals surface area (Å²) in [6.07, 6.45) is 0.774. The average molecular weight is 611 g/mol. The normalized spacial score (nSPS) is 11.1. The van der Waals surface area contributed by atoms with Crippen LogP contribution in [0.1, 0.15) is 44.7 Å². The molecular formula is C32H29F2O8P. The first-order valence-corrected chi connectivity index (χ1v) is 14.7. The fraction of sp³-hybridized carbons (Fsp3) is 0.188. The molecule has 43 heavy (non-hydrogen) atoms. The molecular weight excluding hydrogens is 581 g/mol. The lowest BCUT2D eigenvalue weighted by molar-refractivity contribution is 0.0975. The van der Waals surface area contributed by atoms with Gasteiger partial charge >= 0.3 is 7.82 Å². The predicted molar refractivity (Wildman–Crippen MR) is 155 cm³/mol. The summed E-state index contributed by atoms with van der Waals surface area (Å²) >= 11 is 0. The topological polar surface area (TPSA) is 108 Å². The Labute approximate surface area is 247 Å². The van der Waals surface area contributed by atoms with Crippen molar-refractivity contribution in [2.75, 3.05) is 14.2 Å². The van der Waals surface area contributed by atoms with E-state index < -0.39 is 19.5 Å². The van der Waals surface area contributed by atoms with Crippen LogP contribution in [-0.4, -0.2) is 30.7 Å². The van der Waals surface area contributed by atoms with Crippen LogP contribution >= 0.6 is 7.82 Å². The largest absolute Gasteiger partial charge is 0.585 e. The van der Waals surface area contributed by atoms with Gasteiger partial charge in [0, 0.05) is 24.0 Å². The number of ketones is 2. The molecule has 0 unspecified atom stereocenters. The van der Waals surface area contributed by atoms with E-state index >= 15 is 0 Å². The van der Waals surface area contributed by atoms with Gasteiger partial charge in [-0.25, -0.2) is 13.3 Å². The first-order valence-electron chi connectivity index (χ1n) is 13.2. The van der Waals surface area contributed by atoms with E-state index in [1.807, 2.05) is 0 Å². The molecule has 224 valence electrons. The number of ether oxygens (including phenoxy) is 2. The summed E-state index contributed by atoms with van der Waals surface area (Å²) in [5.74, 6) is -1.12. The maximum atomic E-state index is 13.2. The fourth-order valence-corrected chi connectivity index (χ4v) is 5.06. The van der Waals surface area contributed by atoms with E-state index in [2.05, 4.69) is 0 Å². The molecule has 0 heterocycles. The average Bonchev–Trinajstić information content (AvgIpc) is 2.99. The molecule has 0 radical (unpaired) electrons. The SMILES string of the molecule is COc1ccc(CCC(=O)c2ccc(F)cc2)cc1OP(=O)(O)Oc1cc(CCC(=O)c2ccc(F)cc2)ccc1OC. The standard InChI is InChI=1S/C32H29F2O8P/c1-39-29-17-5-21(3-15-27(35)23-7-11-25(33)12-8-23)19-31(29)41-43(37,38)42-32-20-22(6-18-30(32)40-2)4-16-28(36)24-9-13-26(34)14-10-24/h5-14,17-20H,3-4,15-16H2,1-2H3,(H,37,38). The van der Waals surface area contributed by atoms with Crippen molar-refractivity contribution in [2.24, 2.45) is 0 Å². The molecule has 0 fully saturated rings. The van der Waals surface area contributed by atoms with Gasteiger partial charge in [-0.15, -0.1) is 0 Å². The Morgan fingerprint density at radius 2 is 1.00 bits per heavy atom. The second kappa shape index (κ2) is 14.1. The summed E-state index contributed by atoms with van der Waals surface area (Å²) in [5.41, 5.74) is 1.99. The van der Waals surface area contributed by atoms with E-state index in [-0.39, 0.29) is 60.2 Å². The number of hydrogen-bond donors (Lipinski definition) is 1. The Kier molecular flexibility index (Phi) is 10.3. The van der Waals surface area contributed by atoms with Gasteiger partial charge in [-0.1, -0.05) is 12.1 Å². The number of carbonyl (C=O) groups excluding carboxylic acids is 2. The predicted octanol–water partition coefficient (Wildman–Crippen LogP) is 7.17. The Hall–Kier alpha value is -4.53. The number of halogens is 2. The third-order valence-corrected chi connectivity index (χ3v) is 7.35. The van der Waals surface area contributed by atoms with Gasteiger partial charge in [0.2, 0.25) is 0 Å². The summed E-state index contributed by atoms with van der Waals surface area (Å²) in [7, 11) is -2.07. The third-order valence-electron chi connectivity index (χ3n) is 6.50. The molecule has 0 saturated carbocycles. The molecule has 1 N–H and O–H groups in total. The molecule has 0 aliphatic rings. The van der Waals surface area contributed by atoms with Crippen LogP contribution in [0.5, 0.6) is 23.0 Å². The van der Waals surface area contributed by atoms with Crippen molar-refractivity contribution in [3.8, 4) is 23.0 Å². The van der Waals surface area contributed by atoms with Crippen LogP contribution in [0.2, 0.25) is 0 Å². The number of hydrogen-bond acceptors (Lipinski definition) is 7. The molecule has 0 bridgehead atoms. The van der Waals surface area contributed by atoms with E-state index in [1.54, 1.807) is 12.1 Å². The number of phosphoric ester groups is 1. The number of carbonyl (C=O) groups is 2. The minimum absolute atomic E-state index is 0.0833. The second-order valence-electron chi connectivity index (χ2n) is 9.48. The molecule has 0 aromatic heterocycles. The van der Waals surface area contributed by atoms with Gasteiger partial charge in [-0.2, -0.15) is 0 Å². The lowest BCUT2D eigenvalue weighted by Crippen LogP contribution is -2.05. The maximum Gasteiger partial charge on any atom is 0.585 e. The van der Waals surface area contributed by atoms with Crippen molar-refractivity contribution in [1.29, 1.82) is 0 Å². The number of benzene rings is 4. The lowest BCUT2D eigenvalue weighted by atomic mass is 10.0. The van der Waals surface area contributed by atoms with Crippen molar-refractivity contribution in [1.82, 2.24) is 0 Å². The van der Waals surface area contributed by atoms with Gasteiger partial charge in [-0.3, -0.25) is 14.5 Å². The zero-order valence-electron chi connectivity index (χ0n) is 23.4. The van der Waals surface area contributed by atoms with Crippen LogP contribution in [0.3, 0.4) is 0 Å². The van der Waals surface area contributed by atoms with Gasteiger partial charge in [0.1, 0.15) is 11.6 Å². The minimum atomic E-state index is -4.80. The zero-order valence-corrected chi connectivity index (χ0v) is 24.3. The molecule has 0 spiro atoms. The van der Waals surface area contributed by atoms with E-state index in [0.29, 0.717) is 22.3 Å². The molecule has 4 aromatic carbocycles. The summed E-state index contributed by atoms with van der Waals surface area (Å²) in [5, 5.41) is 0. The van der Waals surface area contributed by atoms with Crippen molar-refractivity contribution >= 4 is 19.4 Å². The highest BCUT2D eigenvalue weighted by Crippen LogP contribution is 2.49. The van der Waals surface area contributed by atoms with Crippen molar-refractivity contribution in [2.45, 2.75) is 25.7 Å². The Morgan fingerprint density at radius 3 is 1.35 bits per heavy atom. The highest BCUT2D eigenvalue weighted by Gasteiger charge is 2.29.